The zero-order valence-corrected chi connectivity index (χ0v) is 12.3. The summed E-state index contributed by atoms with van der Waals surface area (Å²) in [7, 11) is 0. The Bertz CT molecular complexity index is 677. The number of hydrogen-bond donors (Lipinski definition) is 2. The van der Waals surface area contributed by atoms with E-state index in [1.165, 1.54) is 0 Å². The van der Waals surface area contributed by atoms with Gasteiger partial charge in [0.05, 0.1) is 0 Å². The second kappa shape index (κ2) is 4.88. The number of aromatic nitrogens is 1. The molecule has 2 N–H and O–H groups in total. The standard InChI is InChI=1S/C17H21N3O/c1-2-16-14-9-18-8-11(14)10-20(16)17(21)13-4-3-5-15-12(13)6-7-19-15/h3-7,11,14,16,18-19H,2,8-10H2,1H3. The molecule has 1 amide bonds. The first-order valence-corrected chi connectivity index (χ1v) is 7.87. The minimum Gasteiger partial charge on any atom is -0.361 e. The second-order valence-corrected chi connectivity index (χ2v) is 6.26. The molecule has 1 aromatic heterocycles. The summed E-state index contributed by atoms with van der Waals surface area (Å²) in [5.74, 6) is 1.45. The van der Waals surface area contributed by atoms with Gasteiger partial charge in [-0.1, -0.05) is 13.0 Å². The lowest BCUT2D eigenvalue weighted by atomic mass is 9.93. The van der Waals surface area contributed by atoms with Crippen molar-refractivity contribution < 1.29 is 4.79 Å². The van der Waals surface area contributed by atoms with Gasteiger partial charge in [-0.25, -0.2) is 0 Å². The Labute approximate surface area is 124 Å². The van der Waals surface area contributed by atoms with Gasteiger partial charge in [-0.3, -0.25) is 4.79 Å². The fourth-order valence-corrected chi connectivity index (χ4v) is 4.21. The molecule has 0 radical (unpaired) electrons. The molecule has 2 fully saturated rings. The Morgan fingerprint density at radius 1 is 1.33 bits per heavy atom. The van der Waals surface area contributed by atoms with E-state index in [0.717, 1.165) is 42.5 Å². The van der Waals surface area contributed by atoms with Crippen LogP contribution in [-0.4, -0.2) is 41.5 Å². The summed E-state index contributed by atoms with van der Waals surface area (Å²) in [6.45, 7) is 5.21. The molecule has 2 saturated heterocycles. The molecule has 21 heavy (non-hydrogen) atoms. The highest BCUT2D eigenvalue weighted by atomic mass is 16.2. The quantitative estimate of drug-likeness (QED) is 0.888. The van der Waals surface area contributed by atoms with Crippen LogP contribution in [-0.2, 0) is 0 Å². The predicted octanol–water partition coefficient (Wildman–Crippen LogP) is 2.24. The van der Waals surface area contributed by atoms with Crippen molar-refractivity contribution in [2.24, 2.45) is 11.8 Å². The van der Waals surface area contributed by atoms with E-state index in [2.05, 4.69) is 22.1 Å². The number of likely N-dealkylation sites (tertiary alicyclic amines) is 1. The van der Waals surface area contributed by atoms with Gasteiger partial charge in [0.25, 0.3) is 5.91 Å². The van der Waals surface area contributed by atoms with Crippen LogP contribution in [0, 0.1) is 11.8 Å². The highest BCUT2D eigenvalue weighted by molar-refractivity contribution is 6.06. The molecule has 4 nitrogen and oxygen atoms in total. The lowest BCUT2D eigenvalue weighted by Crippen LogP contribution is -2.39. The number of fused-ring (bicyclic) bond motifs is 2. The van der Waals surface area contributed by atoms with Crippen molar-refractivity contribution in [3.63, 3.8) is 0 Å². The molecule has 2 aliphatic heterocycles. The molecule has 3 unspecified atom stereocenters. The van der Waals surface area contributed by atoms with E-state index in [4.69, 9.17) is 0 Å². The molecule has 2 aromatic rings. The van der Waals surface area contributed by atoms with Crippen LogP contribution >= 0.6 is 0 Å². The van der Waals surface area contributed by atoms with Gasteiger partial charge in [-0.15, -0.1) is 0 Å². The normalized spacial score (nSPS) is 28.2. The molecular weight excluding hydrogens is 262 g/mol. The highest BCUT2D eigenvalue weighted by Crippen LogP contribution is 2.35. The van der Waals surface area contributed by atoms with Crippen molar-refractivity contribution in [2.75, 3.05) is 19.6 Å². The number of H-pyrrole nitrogens is 1. The Morgan fingerprint density at radius 3 is 3.10 bits per heavy atom. The number of carbonyl (C=O) groups excluding carboxylic acids is 1. The molecule has 0 saturated carbocycles. The minimum atomic E-state index is 0.196. The number of nitrogens with zero attached hydrogens (tertiary/aromatic N) is 1. The van der Waals surface area contributed by atoms with Crippen LogP contribution in [0.3, 0.4) is 0 Å². The molecule has 3 atom stereocenters. The van der Waals surface area contributed by atoms with Gasteiger partial charge < -0.3 is 15.2 Å². The third kappa shape index (κ3) is 1.89. The largest absolute Gasteiger partial charge is 0.361 e. The maximum absolute atomic E-state index is 13.1. The zero-order valence-electron chi connectivity index (χ0n) is 12.3. The van der Waals surface area contributed by atoms with E-state index in [1.54, 1.807) is 0 Å². The van der Waals surface area contributed by atoms with Crippen LogP contribution in [0.4, 0.5) is 0 Å². The molecule has 2 aliphatic rings. The third-order valence-corrected chi connectivity index (χ3v) is 5.22. The molecule has 0 aliphatic carbocycles. The number of benzene rings is 1. The van der Waals surface area contributed by atoms with E-state index in [9.17, 15) is 4.79 Å². The van der Waals surface area contributed by atoms with E-state index in [0.29, 0.717) is 17.9 Å². The Morgan fingerprint density at radius 2 is 2.24 bits per heavy atom. The fraction of sp³-hybridized carbons (Fsp3) is 0.471. The van der Waals surface area contributed by atoms with E-state index in [1.807, 2.05) is 30.5 Å². The lowest BCUT2D eigenvalue weighted by Gasteiger charge is -2.27. The molecule has 4 rings (SSSR count). The molecule has 0 spiro atoms. The number of hydrogen-bond acceptors (Lipinski definition) is 2. The van der Waals surface area contributed by atoms with Crippen molar-refractivity contribution in [3.8, 4) is 0 Å². The summed E-state index contributed by atoms with van der Waals surface area (Å²) in [6.07, 6.45) is 2.94. The van der Waals surface area contributed by atoms with Gasteiger partial charge in [0.2, 0.25) is 0 Å². The summed E-state index contributed by atoms with van der Waals surface area (Å²) in [5.41, 5.74) is 1.87. The first kappa shape index (κ1) is 12.9. The molecule has 0 bridgehead atoms. The summed E-state index contributed by atoms with van der Waals surface area (Å²) >= 11 is 0. The van der Waals surface area contributed by atoms with Gasteiger partial charge in [-0.2, -0.15) is 0 Å². The van der Waals surface area contributed by atoms with Gasteiger partial charge in [0.15, 0.2) is 0 Å². The molecule has 3 heterocycles. The van der Waals surface area contributed by atoms with Gasteiger partial charge in [0, 0.05) is 48.3 Å². The molecular formula is C17H21N3O. The Kier molecular flexibility index (Phi) is 3.00. The van der Waals surface area contributed by atoms with Gasteiger partial charge in [0.1, 0.15) is 0 Å². The second-order valence-electron chi connectivity index (χ2n) is 6.26. The van der Waals surface area contributed by atoms with Crippen LogP contribution in [0.5, 0.6) is 0 Å². The van der Waals surface area contributed by atoms with Crippen molar-refractivity contribution in [1.29, 1.82) is 0 Å². The van der Waals surface area contributed by atoms with Crippen LogP contribution in [0.2, 0.25) is 0 Å². The van der Waals surface area contributed by atoms with Crippen molar-refractivity contribution in [1.82, 2.24) is 15.2 Å². The van der Waals surface area contributed by atoms with Crippen molar-refractivity contribution in [3.05, 3.63) is 36.0 Å². The average molecular weight is 283 g/mol. The monoisotopic (exact) mass is 283 g/mol. The Balaban J connectivity index is 1.70. The minimum absolute atomic E-state index is 0.196. The van der Waals surface area contributed by atoms with Crippen molar-refractivity contribution >= 4 is 16.8 Å². The topological polar surface area (TPSA) is 48.1 Å². The molecule has 1 aromatic carbocycles. The predicted molar refractivity (Wildman–Crippen MR) is 83.3 cm³/mol. The number of nitrogens with one attached hydrogen (secondary N) is 2. The Hall–Kier alpha value is -1.81. The zero-order chi connectivity index (χ0) is 14.4. The number of amides is 1. The number of rotatable bonds is 2. The van der Waals surface area contributed by atoms with Crippen LogP contribution in [0.15, 0.2) is 30.5 Å². The van der Waals surface area contributed by atoms with E-state index < -0.39 is 0 Å². The summed E-state index contributed by atoms with van der Waals surface area (Å²) < 4.78 is 0. The summed E-state index contributed by atoms with van der Waals surface area (Å²) in [6, 6.07) is 8.32. The summed E-state index contributed by atoms with van der Waals surface area (Å²) in [4.78, 5) is 18.4. The smallest absolute Gasteiger partial charge is 0.254 e. The third-order valence-electron chi connectivity index (χ3n) is 5.22. The van der Waals surface area contributed by atoms with E-state index >= 15 is 0 Å². The highest BCUT2D eigenvalue weighted by Gasteiger charge is 2.45. The van der Waals surface area contributed by atoms with Crippen LogP contribution in [0.25, 0.3) is 10.9 Å². The first-order chi connectivity index (χ1) is 10.3. The SMILES string of the molecule is CCC1C2CNCC2CN1C(=O)c1cccc2[nH]ccc12. The van der Waals surface area contributed by atoms with Gasteiger partial charge in [-0.05, 0) is 36.5 Å². The van der Waals surface area contributed by atoms with Gasteiger partial charge >= 0.3 is 0 Å². The van der Waals surface area contributed by atoms with E-state index in [-0.39, 0.29) is 5.91 Å². The molecule has 4 heteroatoms. The maximum Gasteiger partial charge on any atom is 0.254 e. The average Bonchev–Trinajstić information content (AvgIpc) is 3.20. The van der Waals surface area contributed by atoms with Crippen LogP contribution < -0.4 is 5.32 Å². The van der Waals surface area contributed by atoms with Crippen molar-refractivity contribution in [2.45, 2.75) is 19.4 Å². The summed E-state index contributed by atoms with van der Waals surface area (Å²) in [5, 5.41) is 4.51. The molecule has 110 valence electrons. The maximum atomic E-state index is 13.1. The number of carbonyl (C=O) groups is 1. The fourth-order valence-electron chi connectivity index (χ4n) is 4.21. The number of aromatic amines is 1. The first-order valence-electron chi connectivity index (χ1n) is 7.87. The lowest BCUT2D eigenvalue weighted by molar-refractivity contribution is 0.0713. The van der Waals surface area contributed by atoms with Crippen LogP contribution in [0.1, 0.15) is 23.7 Å².